The molecular weight excluding hydrogens is 940 g/mol. The first-order valence-corrected chi connectivity index (χ1v) is 24.0. The number of carbonyl (C=O) groups is 5. The van der Waals surface area contributed by atoms with E-state index in [4.69, 9.17) is 18.9 Å². The Hall–Kier alpha value is -7.74. The molecule has 20 heteroatoms. The number of thioether (sulfide) groups is 1. The predicted molar refractivity (Wildman–Crippen MR) is 258 cm³/mol. The number of carbonyl (C=O) groups excluding carboxylic acids is 5. The maximum Gasteiger partial charge on any atom is 0.410 e. The van der Waals surface area contributed by atoms with Gasteiger partial charge in [-0.3, -0.25) is 24.6 Å². The number of nitro groups is 1. The molecule has 2 atom stereocenters. The Morgan fingerprint density at radius 3 is 2.11 bits per heavy atom. The molecular formula is C51H49FN6O12S. The number of alkyl carbamates (subject to hydrolysis) is 1. The Morgan fingerprint density at radius 1 is 0.859 bits per heavy atom. The average Bonchev–Trinajstić information content (AvgIpc) is 4.21. The summed E-state index contributed by atoms with van der Waals surface area (Å²) >= 11 is 1.29. The van der Waals surface area contributed by atoms with Crippen LogP contribution in [0.1, 0.15) is 72.8 Å². The number of anilines is 1. The Kier molecular flexibility index (Phi) is 13.6. The van der Waals surface area contributed by atoms with Crippen LogP contribution in [0.2, 0.25) is 0 Å². The summed E-state index contributed by atoms with van der Waals surface area (Å²) < 4.78 is 40.7. The molecule has 71 heavy (non-hydrogen) atoms. The number of aromatic nitrogens is 1. The summed E-state index contributed by atoms with van der Waals surface area (Å²) in [6.07, 6.45) is 0.664. The number of rotatable bonds is 13. The largest absolute Gasteiger partial charge is 0.457 e. The fourth-order valence-corrected chi connectivity index (χ4v) is 10.0. The number of ether oxygens (including phenoxy) is 4. The van der Waals surface area contributed by atoms with Crippen molar-refractivity contribution in [3.63, 3.8) is 0 Å². The van der Waals surface area contributed by atoms with E-state index in [0.29, 0.717) is 27.8 Å². The molecule has 0 bridgehead atoms. The molecule has 4 aromatic carbocycles. The third-order valence-corrected chi connectivity index (χ3v) is 13.7. The summed E-state index contributed by atoms with van der Waals surface area (Å²) in [5.74, 6) is -2.84. The lowest BCUT2D eigenvalue weighted by atomic mass is 10.0. The van der Waals surface area contributed by atoms with Crippen LogP contribution in [0.15, 0.2) is 119 Å². The quantitative estimate of drug-likeness (QED) is 0.0401. The highest BCUT2D eigenvalue weighted by atomic mass is 32.2. The van der Waals surface area contributed by atoms with Crippen molar-refractivity contribution in [3.8, 4) is 0 Å². The van der Waals surface area contributed by atoms with Crippen LogP contribution in [0.5, 0.6) is 0 Å². The number of hydrogen-bond donors (Lipinski definition) is 1. The van der Waals surface area contributed by atoms with E-state index < -0.39 is 69.3 Å². The summed E-state index contributed by atoms with van der Waals surface area (Å²) in [5, 5.41) is 13.0. The molecule has 1 N–H and O–H groups in total. The molecule has 5 aromatic rings. The molecule has 3 amide bonds. The van der Waals surface area contributed by atoms with Gasteiger partial charge in [-0.05, 0) is 74.6 Å². The number of esters is 2. The number of piperazine rings is 1. The van der Waals surface area contributed by atoms with Crippen molar-refractivity contribution in [1.29, 1.82) is 0 Å². The number of β-lactam (4-membered cyclic amide) rings is 1. The van der Waals surface area contributed by atoms with Gasteiger partial charge in [-0.2, -0.15) is 0 Å². The lowest BCUT2D eigenvalue weighted by Crippen LogP contribution is -2.71. The normalized spacial score (nSPS) is 17.9. The van der Waals surface area contributed by atoms with Crippen molar-refractivity contribution in [2.75, 3.05) is 43.4 Å². The van der Waals surface area contributed by atoms with Crippen LogP contribution in [-0.2, 0) is 35.1 Å². The van der Waals surface area contributed by atoms with Crippen LogP contribution >= 0.6 is 11.8 Å². The molecule has 18 nitrogen and oxygen atoms in total. The van der Waals surface area contributed by atoms with Crippen LogP contribution in [-0.4, -0.2) is 105 Å². The standard InChI is InChI=1S/C51H49FN6O12S/c1-51(2,3)70-49(63)53-41-45(60)57-42(48(62)69-44(31-10-6-4-7-11-31)32-12-8-5-9-13-32)33(29-71-46(41)57)28-68-50(64)55-22-20-54(21-23-55)40-25-39-36(24-38(40)52)43(59)37(26-56(39)34-18-19-34)47(61)67-27-30-14-16-35(17-15-30)58(65)66/h4-17,24-26,34,41,44,46H,18-23,27-29H2,1-3H3,(H,53,63)/t41-,46-/m0/s1. The first kappa shape index (κ1) is 48.3. The number of nitro benzene ring substituents is 1. The number of benzene rings is 4. The number of fused-ring (bicyclic) bond motifs is 2. The van der Waals surface area contributed by atoms with Crippen LogP contribution in [0.4, 0.5) is 25.4 Å². The van der Waals surface area contributed by atoms with Crippen molar-refractivity contribution in [1.82, 2.24) is 19.7 Å². The molecule has 3 aliphatic heterocycles. The van der Waals surface area contributed by atoms with Gasteiger partial charge in [0, 0.05) is 67.3 Å². The highest BCUT2D eigenvalue weighted by Gasteiger charge is 2.55. The minimum absolute atomic E-state index is 0.000283. The number of nitrogens with zero attached hydrogens (tertiary/aromatic N) is 5. The summed E-state index contributed by atoms with van der Waals surface area (Å²) in [6.45, 7) is 5.17. The van der Waals surface area contributed by atoms with E-state index in [1.807, 2.05) is 60.7 Å². The number of halogens is 1. The minimum Gasteiger partial charge on any atom is -0.457 e. The van der Waals surface area contributed by atoms with E-state index in [1.54, 1.807) is 36.3 Å². The molecule has 3 fully saturated rings. The van der Waals surface area contributed by atoms with Gasteiger partial charge < -0.3 is 38.6 Å². The smallest absolute Gasteiger partial charge is 0.410 e. The maximum atomic E-state index is 16.1. The van der Waals surface area contributed by atoms with Crippen molar-refractivity contribution >= 4 is 64.1 Å². The van der Waals surface area contributed by atoms with Crippen LogP contribution in [0.25, 0.3) is 10.9 Å². The Bertz CT molecular complexity index is 2970. The second kappa shape index (κ2) is 19.9. The Labute approximate surface area is 410 Å². The summed E-state index contributed by atoms with van der Waals surface area (Å²) in [4.78, 5) is 96.6. The van der Waals surface area contributed by atoms with Crippen molar-refractivity contribution in [3.05, 3.63) is 163 Å². The Balaban J connectivity index is 0.893. The Morgan fingerprint density at radius 2 is 1.51 bits per heavy atom. The van der Waals surface area contributed by atoms with E-state index in [9.17, 15) is 38.9 Å². The first-order chi connectivity index (χ1) is 34.0. The third kappa shape index (κ3) is 10.4. The fourth-order valence-electron chi connectivity index (χ4n) is 8.68. The zero-order chi connectivity index (χ0) is 50.1. The van der Waals surface area contributed by atoms with E-state index in [2.05, 4.69) is 5.32 Å². The summed E-state index contributed by atoms with van der Waals surface area (Å²) in [5.41, 5.74) is 0.827. The molecule has 368 valence electrons. The molecule has 2 saturated heterocycles. The molecule has 4 aliphatic rings. The van der Waals surface area contributed by atoms with E-state index in [1.165, 1.54) is 52.0 Å². The van der Waals surface area contributed by atoms with E-state index >= 15 is 4.39 Å². The van der Waals surface area contributed by atoms with Gasteiger partial charge in [0.15, 0.2) is 6.10 Å². The van der Waals surface area contributed by atoms with Crippen molar-refractivity contribution in [2.45, 2.75) is 69.4 Å². The second-order valence-electron chi connectivity index (χ2n) is 18.5. The van der Waals surface area contributed by atoms with E-state index in [0.717, 1.165) is 18.9 Å². The van der Waals surface area contributed by atoms with Gasteiger partial charge >= 0.3 is 24.1 Å². The zero-order valence-corrected chi connectivity index (χ0v) is 39.7. The third-order valence-electron chi connectivity index (χ3n) is 12.4. The molecule has 4 heterocycles. The van der Waals surface area contributed by atoms with E-state index in [-0.39, 0.29) is 79.2 Å². The fraction of sp³-hybridized carbons (Fsp3) is 0.333. The lowest BCUT2D eigenvalue weighted by Gasteiger charge is -2.49. The highest BCUT2D eigenvalue weighted by molar-refractivity contribution is 8.00. The lowest BCUT2D eigenvalue weighted by molar-refractivity contribution is -0.384. The summed E-state index contributed by atoms with van der Waals surface area (Å²) in [6, 6.07) is 25.4. The monoisotopic (exact) mass is 988 g/mol. The molecule has 0 unspecified atom stereocenters. The highest BCUT2D eigenvalue weighted by Crippen LogP contribution is 2.42. The number of pyridine rings is 1. The SMILES string of the molecule is CC(C)(C)OC(=O)N[C@H]1C(=O)N2C(C(=O)OC(c3ccccc3)c3ccccc3)=C(COC(=O)N3CCN(c4cc5c(cc4F)c(=O)c(C(=O)OCc4ccc([N+](=O)[O-])cc4)cn5C4CC4)CC3)CS[C@@H]12. The van der Waals surface area contributed by atoms with Gasteiger partial charge in [-0.25, -0.2) is 23.6 Å². The molecule has 0 radical (unpaired) electrons. The van der Waals surface area contributed by atoms with Crippen molar-refractivity contribution < 1.29 is 52.2 Å². The molecule has 1 aliphatic carbocycles. The number of amides is 3. The molecule has 1 saturated carbocycles. The van der Waals surface area contributed by atoms with Crippen molar-refractivity contribution in [2.24, 2.45) is 0 Å². The first-order valence-electron chi connectivity index (χ1n) is 23.0. The van der Waals surface area contributed by atoms with Gasteiger partial charge in [0.25, 0.3) is 11.6 Å². The van der Waals surface area contributed by atoms with Gasteiger partial charge in [-0.15, -0.1) is 11.8 Å². The molecule has 0 spiro atoms. The number of hydrogen-bond acceptors (Lipinski definition) is 14. The second-order valence-corrected chi connectivity index (χ2v) is 19.6. The van der Waals surface area contributed by atoms with Gasteiger partial charge in [0.1, 0.15) is 47.3 Å². The number of nitrogens with one attached hydrogen (secondary N) is 1. The maximum absolute atomic E-state index is 16.1. The predicted octanol–water partition coefficient (Wildman–Crippen LogP) is 7.39. The van der Waals surface area contributed by atoms with Gasteiger partial charge in [-0.1, -0.05) is 60.7 Å². The number of non-ortho nitro benzene ring substituents is 1. The van der Waals surface area contributed by atoms with Gasteiger partial charge in [0.05, 0.1) is 16.1 Å². The summed E-state index contributed by atoms with van der Waals surface area (Å²) in [7, 11) is 0. The molecule has 1 aromatic heterocycles. The minimum atomic E-state index is -0.991. The average molecular weight is 989 g/mol. The van der Waals surface area contributed by atoms with Gasteiger partial charge in [0.2, 0.25) is 5.43 Å². The van der Waals surface area contributed by atoms with Crippen LogP contribution in [0, 0.1) is 15.9 Å². The van der Waals surface area contributed by atoms with Crippen LogP contribution in [0.3, 0.4) is 0 Å². The molecule has 9 rings (SSSR count). The van der Waals surface area contributed by atoms with Crippen LogP contribution < -0.4 is 15.6 Å². The topological polar surface area (TPSA) is 209 Å². The zero-order valence-electron chi connectivity index (χ0n) is 38.9.